The van der Waals surface area contributed by atoms with Gasteiger partial charge in [0.2, 0.25) is 5.89 Å². The lowest BCUT2D eigenvalue weighted by molar-refractivity contribution is 0.190. The van der Waals surface area contributed by atoms with E-state index < -0.39 is 0 Å². The zero-order chi connectivity index (χ0) is 11.7. The van der Waals surface area contributed by atoms with Crippen LogP contribution in [0.15, 0.2) is 4.52 Å². The van der Waals surface area contributed by atoms with Crippen LogP contribution in [0.4, 0.5) is 0 Å². The highest BCUT2D eigenvalue weighted by Gasteiger charge is 2.26. The number of hydrogen-bond donors (Lipinski definition) is 1. The zero-order valence-electron chi connectivity index (χ0n) is 10.8. The van der Waals surface area contributed by atoms with E-state index in [1.807, 2.05) is 0 Å². The molecule has 0 spiro atoms. The normalized spacial score (nSPS) is 25.5. The summed E-state index contributed by atoms with van der Waals surface area (Å²) in [6.45, 7) is 3.00. The molecule has 0 aromatic carbocycles. The van der Waals surface area contributed by atoms with Gasteiger partial charge in [0, 0.05) is 26.1 Å². The summed E-state index contributed by atoms with van der Waals surface area (Å²) in [5.74, 6) is 2.45. The van der Waals surface area contributed by atoms with Gasteiger partial charge < -0.3 is 9.84 Å². The lowest BCUT2D eigenvalue weighted by atomic mass is 9.83. The fourth-order valence-electron chi connectivity index (χ4n) is 2.52. The summed E-state index contributed by atoms with van der Waals surface area (Å²) in [6, 6.07) is 0.266. The number of nitrogens with zero attached hydrogens (tertiary/aromatic N) is 3. The molecule has 1 aromatic rings. The van der Waals surface area contributed by atoms with Crippen molar-refractivity contribution in [1.29, 1.82) is 0 Å². The molecule has 6 heteroatoms. The fourth-order valence-corrected chi connectivity index (χ4v) is 2.52. The van der Waals surface area contributed by atoms with Crippen LogP contribution in [0.1, 0.15) is 37.0 Å². The predicted octanol–water partition coefficient (Wildman–Crippen LogP) is 1.41. The maximum absolute atomic E-state index is 5.36. The van der Waals surface area contributed by atoms with Gasteiger partial charge in [0.1, 0.15) is 0 Å². The van der Waals surface area contributed by atoms with Gasteiger partial charge in [-0.2, -0.15) is 4.98 Å². The third-order valence-electron chi connectivity index (χ3n) is 3.98. The van der Waals surface area contributed by atoms with Crippen LogP contribution < -0.4 is 5.32 Å². The quantitative estimate of drug-likeness (QED) is 0.902. The molecule has 1 aliphatic heterocycles. The molecule has 0 amide bonds. The van der Waals surface area contributed by atoms with Gasteiger partial charge in [-0.15, -0.1) is 12.4 Å². The van der Waals surface area contributed by atoms with Gasteiger partial charge in [0.25, 0.3) is 0 Å². The van der Waals surface area contributed by atoms with E-state index in [0.717, 1.165) is 43.7 Å². The Balaban J connectivity index is 0.00000120. The molecule has 1 atom stereocenters. The van der Waals surface area contributed by atoms with Crippen LogP contribution >= 0.6 is 12.4 Å². The lowest BCUT2D eigenvalue weighted by Crippen LogP contribution is -2.44. The van der Waals surface area contributed by atoms with Crippen molar-refractivity contribution in [3.05, 3.63) is 11.7 Å². The van der Waals surface area contributed by atoms with Gasteiger partial charge in [-0.3, -0.25) is 4.90 Å². The molecular weight excluding hydrogens is 252 g/mol. The molecule has 1 saturated heterocycles. The number of rotatable bonds is 3. The molecule has 18 heavy (non-hydrogen) atoms. The topological polar surface area (TPSA) is 54.2 Å². The molecule has 1 aliphatic carbocycles. The summed E-state index contributed by atoms with van der Waals surface area (Å²) in [7, 11) is 2.12. The molecule has 0 bridgehead atoms. The Hall–Kier alpha value is -0.650. The highest BCUT2D eigenvalue weighted by atomic mass is 35.5. The first-order chi connectivity index (χ1) is 8.33. The lowest BCUT2D eigenvalue weighted by Gasteiger charge is -2.30. The third kappa shape index (κ3) is 2.84. The molecule has 1 unspecified atom stereocenters. The van der Waals surface area contributed by atoms with Crippen LogP contribution in [-0.2, 0) is 6.42 Å². The second-order valence-corrected chi connectivity index (χ2v) is 5.25. The van der Waals surface area contributed by atoms with Crippen molar-refractivity contribution >= 4 is 12.4 Å². The number of halogens is 1. The smallest absolute Gasteiger partial charge is 0.226 e. The Labute approximate surface area is 114 Å². The van der Waals surface area contributed by atoms with E-state index in [-0.39, 0.29) is 18.4 Å². The fraction of sp³-hybridized carbons (Fsp3) is 0.833. The first-order valence-electron chi connectivity index (χ1n) is 6.56. The number of piperazine rings is 1. The van der Waals surface area contributed by atoms with Crippen LogP contribution in [0.3, 0.4) is 0 Å². The molecule has 2 aliphatic rings. The van der Waals surface area contributed by atoms with E-state index in [1.165, 1.54) is 19.3 Å². The highest BCUT2D eigenvalue weighted by Crippen LogP contribution is 2.29. The predicted molar refractivity (Wildman–Crippen MR) is 70.8 cm³/mol. The van der Waals surface area contributed by atoms with Crippen LogP contribution in [0.2, 0.25) is 0 Å². The van der Waals surface area contributed by atoms with E-state index in [0.29, 0.717) is 0 Å². The summed E-state index contributed by atoms with van der Waals surface area (Å²) >= 11 is 0. The van der Waals surface area contributed by atoms with Crippen molar-refractivity contribution in [3.63, 3.8) is 0 Å². The standard InChI is InChI=1S/C12H20N4O.ClH/c1-16-6-5-13-8-10(16)12-14-11(17-15-12)7-9-3-2-4-9;/h9-10,13H,2-8H2,1H3;1H. The summed E-state index contributed by atoms with van der Waals surface area (Å²) in [5, 5.41) is 7.51. The van der Waals surface area contributed by atoms with Crippen LogP contribution in [0.25, 0.3) is 0 Å². The van der Waals surface area contributed by atoms with Gasteiger partial charge in [-0.25, -0.2) is 0 Å². The largest absolute Gasteiger partial charge is 0.339 e. The maximum Gasteiger partial charge on any atom is 0.226 e. The molecule has 1 aromatic heterocycles. The Kier molecular flexibility index (Phi) is 4.59. The average Bonchev–Trinajstić information content (AvgIpc) is 2.73. The molecular formula is C12H21ClN4O. The zero-order valence-corrected chi connectivity index (χ0v) is 11.6. The minimum absolute atomic E-state index is 0. The van der Waals surface area contributed by atoms with Crippen molar-refractivity contribution in [1.82, 2.24) is 20.4 Å². The molecule has 2 fully saturated rings. The Morgan fingerprint density at radius 2 is 2.28 bits per heavy atom. The molecule has 2 heterocycles. The van der Waals surface area contributed by atoms with Crippen molar-refractivity contribution in [2.45, 2.75) is 31.7 Å². The summed E-state index contributed by atoms with van der Waals surface area (Å²) in [4.78, 5) is 6.83. The van der Waals surface area contributed by atoms with Gasteiger partial charge in [0.05, 0.1) is 6.04 Å². The Bertz CT molecular complexity index is 380. The Morgan fingerprint density at radius 1 is 1.44 bits per heavy atom. The third-order valence-corrected chi connectivity index (χ3v) is 3.98. The monoisotopic (exact) mass is 272 g/mol. The van der Waals surface area contributed by atoms with Gasteiger partial charge in [-0.1, -0.05) is 11.6 Å². The number of aromatic nitrogens is 2. The van der Waals surface area contributed by atoms with Crippen LogP contribution in [0, 0.1) is 5.92 Å². The van der Waals surface area contributed by atoms with E-state index >= 15 is 0 Å². The minimum atomic E-state index is 0. The molecule has 1 N–H and O–H groups in total. The molecule has 0 radical (unpaired) electrons. The molecule has 102 valence electrons. The number of hydrogen-bond acceptors (Lipinski definition) is 5. The van der Waals surface area contributed by atoms with E-state index in [2.05, 4.69) is 27.4 Å². The second-order valence-electron chi connectivity index (χ2n) is 5.25. The van der Waals surface area contributed by atoms with Crippen molar-refractivity contribution in [2.24, 2.45) is 5.92 Å². The number of nitrogens with one attached hydrogen (secondary N) is 1. The van der Waals surface area contributed by atoms with Gasteiger partial charge in [-0.05, 0) is 25.8 Å². The molecule has 3 rings (SSSR count). The number of likely N-dealkylation sites (N-methyl/N-ethyl adjacent to an activating group) is 1. The summed E-state index contributed by atoms with van der Waals surface area (Å²) in [5.41, 5.74) is 0. The van der Waals surface area contributed by atoms with E-state index in [1.54, 1.807) is 0 Å². The SMILES string of the molecule is CN1CCNCC1c1noc(CC2CCC2)n1.Cl. The second kappa shape index (κ2) is 5.99. The van der Waals surface area contributed by atoms with Crippen molar-refractivity contribution in [3.8, 4) is 0 Å². The molecule has 1 saturated carbocycles. The Morgan fingerprint density at radius 3 is 2.94 bits per heavy atom. The summed E-state index contributed by atoms with van der Waals surface area (Å²) in [6.07, 6.45) is 4.98. The maximum atomic E-state index is 5.36. The average molecular weight is 273 g/mol. The van der Waals surface area contributed by atoms with E-state index in [9.17, 15) is 0 Å². The summed E-state index contributed by atoms with van der Waals surface area (Å²) < 4.78 is 5.36. The van der Waals surface area contributed by atoms with Crippen LogP contribution in [0.5, 0.6) is 0 Å². The first-order valence-corrected chi connectivity index (χ1v) is 6.56. The first kappa shape index (κ1) is 13.8. The van der Waals surface area contributed by atoms with Gasteiger partial charge >= 0.3 is 0 Å². The van der Waals surface area contributed by atoms with Crippen LogP contribution in [-0.4, -0.2) is 41.7 Å². The van der Waals surface area contributed by atoms with Crippen molar-refractivity contribution < 1.29 is 4.52 Å². The van der Waals surface area contributed by atoms with Crippen molar-refractivity contribution in [2.75, 3.05) is 26.7 Å². The van der Waals surface area contributed by atoms with Gasteiger partial charge in [0.15, 0.2) is 5.82 Å². The molecule has 5 nitrogen and oxygen atoms in total. The van der Waals surface area contributed by atoms with E-state index in [4.69, 9.17) is 4.52 Å². The highest BCUT2D eigenvalue weighted by molar-refractivity contribution is 5.85. The minimum Gasteiger partial charge on any atom is -0.339 e.